The highest BCUT2D eigenvalue weighted by atomic mass is 16.5. The minimum absolute atomic E-state index is 0.0249. The molecular weight excluding hydrogens is 214 g/mol. The number of nitrogens with zero attached hydrogens (tertiary/aromatic N) is 1. The van der Waals surface area contributed by atoms with Crippen molar-refractivity contribution in [2.45, 2.75) is 20.8 Å². The van der Waals surface area contributed by atoms with Crippen molar-refractivity contribution < 1.29 is 9.53 Å². The summed E-state index contributed by atoms with van der Waals surface area (Å²) < 4.78 is 4.80. The van der Waals surface area contributed by atoms with Gasteiger partial charge in [0.05, 0.1) is 6.61 Å². The molecule has 0 unspecified atom stereocenters. The number of nitriles is 1. The SMILES string of the molecule is CCOC(=O)/C(C#N)=C\c1cc(C)cc(C)c1. The lowest BCUT2D eigenvalue weighted by atomic mass is 10.1. The van der Waals surface area contributed by atoms with Crippen molar-refractivity contribution in [1.82, 2.24) is 0 Å². The van der Waals surface area contributed by atoms with Crippen molar-refractivity contribution in [3.8, 4) is 6.07 Å². The monoisotopic (exact) mass is 229 g/mol. The average molecular weight is 229 g/mol. The summed E-state index contributed by atoms with van der Waals surface area (Å²) in [6.45, 7) is 5.93. The molecule has 0 amide bonds. The Kier molecular flexibility index (Phi) is 4.47. The molecule has 0 saturated heterocycles. The average Bonchev–Trinajstić information content (AvgIpc) is 2.24. The molecule has 17 heavy (non-hydrogen) atoms. The number of rotatable bonds is 3. The van der Waals surface area contributed by atoms with Gasteiger partial charge >= 0.3 is 5.97 Å². The number of ether oxygens (including phenoxy) is 1. The van der Waals surface area contributed by atoms with E-state index in [2.05, 4.69) is 0 Å². The number of benzene rings is 1. The fourth-order valence-corrected chi connectivity index (χ4v) is 1.61. The van der Waals surface area contributed by atoms with Crippen LogP contribution in [0.25, 0.3) is 6.08 Å². The molecule has 0 N–H and O–H groups in total. The first-order chi connectivity index (χ1) is 8.06. The van der Waals surface area contributed by atoms with E-state index in [0.717, 1.165) is 16.7 Å². The largest absolute Gasteiger partial charge is 0.462 e. The molecule has 0 aromatic heterocycles. The molecular formula is C14H15NO2. The lowest BCUT2D eigenvalue weighted by Crippen LogP contribution is -2.06. The summed E-state index contributed by atoms with van der Waals surface area (Å²) >= 11 is 0. The van der Waals surface area contributed by atoms with Gasteiger partial charge in [-0.2, -0.15) is 5.26 Å². The molecule has 1 aromatic rings. The van der Waals surface area contributed by atoms with E-state index < -0.39 is 5.97 Å². The Morgan fingerprint density at radius 1 is 1.35 bits per heavy atom. The maximum absolute atomic E-state index is 11.4. The fraction of sp³-hybridized carbons (Fsp3) is 0.286. The Balaban J connectivity index is 3.07. The van der Waals surface area contributed by atoms with Gasteiger partial charge < -0.3 is 4.74 Å². The van der Waals surface area contributed by atoms with Crippen LogP contribution in [0.3, 0.4) is 0 Å². The molecule has 3 heteroatoms. The molecule has 1 aromatic carbocycles. The van der Waals surface area contributed by atoms with E-state index in [1.54, 1.807) is 13.0 Å². The zero-order valence-corrected chi connectivity index (χ0v) is 10.3. The van der Waals surface area contributed by atoms with Gasteiger partial charge in [-0.25, -0.2) is 4.79 Å². The van der Waals surface area contributed by atoms with Crippen LogP contribution < -0.4 is 0 Å². The van der Waals surface area contributed by atoms with Crippen molar-refractivity contribution in [3.63, 3.8) is 0 Å². The molecule has 0 saturated carbocycles. The normalized spacial score (nSPS) is 10.8. The zero-order valence-electron chi connectivity index (χ0n) is 10.3. The van der Waals surface area contributed by atoms with Crippen molar-refractivity contribution in [3.05, 3.63) is 40.5 Å². The molecule has 0 aliphatic heterocycles. The number of esters is 1. The van der Waals surface area contributed by atoms with Gasteiger partial charge in [0, 0.05) is 0 Å². The number of carbonyl (C=O) groups excluding carboxylic acids is 1. The highest BCUT2D eigenvalue weighted by molar-refractivity contribution is 5.97. The van der Waals surface area contributed by atoms with Gasteiger partial charge in [0.2, 0.25) is 0 Å². The van der Waals surface area contributed by atoms with Crippen molar-refractivity contribution >= 4 is 12.0 Å². The molecule has 0 aliphatic carbocycles. The second-order valence-corrected chi connectivity index (χ2v) is 3.81. The quantitative estimate of drug-likeness (QED) is 0.455. The molecule has 0 fully saturated rings. The van der Waals surface area contributed by atoms with E-state index >= 15 is 0 Å². The first kappa shape index (κ1) is 13.0. The third-order valence-corrected chi connectivity index (χ3v) is 2.17. The van der Waals surface area contributed by atoms with Crippen LogP contribution in [0.2, 0.25) is 0 Å². The van der Waals surface area contributed by atoms with Gasteiger partial charge in [0.1, 0.15) is 11.6 Å². The van der Waals surface area contributed by atoms with Gasteiger partial charge in [-0.05, 0) is 32.4 Å². The Morgan fingerprint density at radius 2 is 1.94 bits per heavy atom. The predicted molar refractivity (Wildman–Crippen MR) is 66.1 cm³/mol. The molecule has 0 bridgehead atoms. The summed E-state index contributed by atoms with van der Waals surface area (Å²) in [7, 11) is 0. The van der Waals surface area contributed by atoms with Crippen LogP contribution in [0.1, 0.15) is 23.6 Å². The summed E-state index contributed by atoms with van der Waals surface area (Å²) in [5, 5.41) is 8.90. The van der Waals surface area contributed by atoms with Crippen LogP contribution in [-0.4, -0.2) is 12.6 Å². The van der Waals surface area contributed by atoms with Gasteiger partial charge in [0.25, 0.3) is 0 Å². The third-order valence-electron chi connectivity index (χ3n) is 2.17. The topological polar surface area (TPSA) is 50.1 Å². The van der Waals surface area contributed by atoms with Crippen LogP contribution in [0.5, 0.6) is 0 Å². The van der Waals surface area contributed by atoms with E-state index in [-0.39, 0.29) is 12.2 Å². The van der Waals surface area contributed by atoms with Crippen LogP contribution in [-0.2, 0) is 9.53 Å². The standard InChI is InChI=1S/C14H15NO2/c1-4-17-14(16)13(9-15)8-12-6-10(2)5-11(3)7-12/h5-8H,4H2,1-3H3/b13-8-. The minimum atomic E-state index is -0.575. The Bertz CT molecular complexity index is 475. The highest BCUT2D eigenvalue weighted by Crippen LogP contribution is 2.13. The molecule has 0 radical (unpaired) electrons. The first-order valence-corrected chi connectivity index (χ1v) is 5.44. The number of hydrogen-bond donors (Lipinski definition) is 0. The highest BCUT2D eigenvalue weighted by Gasteiger charge is 2.09. The maximum Gasteiger partial charge on any atom is 0.348 e. The van der Waals surface area contributed by atoms with Crippen LogP contribution in [0.4, 0.5) is 0 Å². The molecule has 0 spiro atoms. The van der Waals surface area contributed by atoms with Gasteiger partial charge in [-0.15, -0.1) is 0 Å². The van der Waals surface area contributed by atoms with E-state index in [0.29, 0.717) is 0 Å². The number of hydrogen-bond acceptors (Lipinski definition) is 3. The summed E-state index contributed by atoms with van der Waals surface area (Å²) in [6.07, 6.45) is 1.55. The van der Waals surface area contributed by atoms with Gasteiger partial charge in [-0.1, -0.05) is 29.3 Å². The van der Waals surface area contributed by atoms with Gasteiger partial charge in [-0.3, -0.25) is 0 Å². The van der Waals surface area contributed by atoms with E-state index in [1.165, 1.54) is 0 Å². The molecule has 0 heterocycles. The minimum Gasteiger partial charge on any atom is -0.462 e. The number of aryl methyl sites for hydroxylation is 2. The summed E-state index contributed by atoms with van der Waals surface area (Å²) in [4.78, 5) is 11.4. The van der Waals surface area contributed by atoms with Crippen molar-refractivity contribution in [1.29, 1.82) is 5.26 Å². The van der Waals surface area contributed by atoms with Gasteiger partial charge in [0.15, 0.2) is 0 Å². The summed E-state index contributed by atoms with van der Waals surface area (Å²) in [5.74, 6) is -0.575. The molecule has 3 nitrogen and oxygen atoms in total. The molecule has 1 rings (SSSR count). The smallest absolute Gasteiger partial charge is 0.348 e. The Labute approximate surface area is 101 Å². The van der Waals surface area contributed by atoms with Crippen molar-refractivity contribution in [2.75, 3.05) is 6.61 Å². The second kappa shape index (κ2) is 5.86. The van der Waals surface area contributed by atoms with E-state index in [9.17, 15) is 4.79 Å². The molecule has 0 aliphatic rings. The maximum atomic E-state index is 11.4. The van der Waals surface area contributed by atoms with Crippen molar-refractivity contribution in [2.24, 2.45) is 0 Å². The lowest BCUT2D eigenvalue weighted by molar-refractivity contribution is -0.137. The van der Waals surface area contributed by atoms with E-state index in [1.807, 2.05) is 38.1 Å². The van der Waals surface area contributed by atoms with E-state index in [4.69, 9.17) is 10.00 Å². The fourth-order valence-electron chi connectivity index (χ4n) is 1.61. The van der Waals surface area contributed by atoms with Crippen LogP contribution in [0, 0.1) is 25.2 Å². The van der Waals surface area contributed by atoms with Crippen LogP contribution in [0.15, 0.2) is 23.8 Å². The molecule has 88 valence electrons. The third kappa shape index (κ3) is 3.76. The molecule has 0 atom stereocenters. The Hall–Kier alpha value is -2.08. The first-order valence-electron chi connectivity index (χ1n) is 5.44. The predicted octanol–water partition coefficient (Wildman–Crippen LogP) is 2.77. The Morgan fingerprint density at radius 3 is 2.41 bits per heavy atom. The number of carbonyl (C=O) groups is 1. The summed E-state index contributed by atoms with van der Waals surface area (Å²) in [5.41, 5.74) is 3.05. The summed E-state index contributed by atoms with van der Waals surface area (Å²) in [6, 6.07) is 7.74. The zero-order chi connectivity index (χ0) is 12.8. The van der Waals surface area contributed by atoms with Crippen LogP contribution >= 0.6 is 0 Å². The lowest BCUT2D eigenvalue weighted by Gasteiger charge is -2.02. The second-order valence-electron chi connectivity index (χ2n) is 3.81.